The van der Waals surface area contributed by atoms with Gasteiger partial charge in [0.15, 0.2) is 5.82 Å². The van der Waals surface area contributed by atoms with Gasteiger partial charge in [-0.05, 0) is 12.1 Å². The quantitative estimate of drug-likeness (QED) is 0.756. The van der Waals surface area contributed by atoms with Gasteiger partial charge in [0.1, 0.15) is 23.2 Å². The summed E-state index contributed by atoms with van der Waals surface area (Å²) in [5.74, 6) is 0.813. The summed E-state index contributed by atoms with van der Waals surface area (Å²) in [6, 6.07) is 5.40. The van der Waals surface area contributed by atoms with Crippen molar-refractivity contribution in [3.63, 3.8) is 0 Å². The van der Waals surface area contributed by atoms with Gasteiger partial charge in [-0.2, -0.15) is 5.26 Å². The number of nitriles is 1. The van der Waals surface area contributed by atoms with Gasteiger partial charge in [-0.3, -0.25) is 9.78 Å². The van der Waals surface area contributed by atoms with Crippen molar-refractivity contribution in [2.75, 3.05) is 0 Å². The van der Waals surface area contributed by atoms with Crippen LogP contribution in [0.25, 0.3) is 22.9 Å². The summed E-state index contributed by atoms with van der Waals surface area (Å²) >= 11 is 0. The minimum Gasteiger partial charge on any atom is -0.333 e. The molecule has 3 heterocycles. The number of aromatic nitrogens is 5. The molecule has 0 aromatic carbocycles. The Bertz CT molecular complexity index is 888. The number of hydrogen-bond donors (Lipinski definition) is 1. The molecule has 7 heteroatoms. The van der Waals surface area contributed by atoms with Gasteiger partial charge in [-0.15, -0.1) is 0 Å². The maximum atomic E-state index is 12.1. The van der Waals surface area contributed by atoms with Crippen molar-refractivity contribution in [3.05, 3.63) is 52.8 Å². The van der Waals surface area contributed by atoms with Crippen molar-refractivity contribution in [2.45, 2.75) is 0 Å². The van der Waals surface area contributed by atoms with E-state index in [4.69, 9.17) is 0 Å². The lowest BCUT2D eigenvalue weighted by Gasteiger charge is -2.06. The summed E-state index contributed by atoms with van der Waals surface area (Å²) < 4.78 is 1.70. The summed E-state index contributed by atoms with van der Waals surface area (Å²) in [7, 11) is 1.77. The molecule has 0 aliphatic heterocycles. The highest BCUT2D eigenvalue weighted by Gasteiger charge is 2.17. The molecule has 0 atom stereocenters. The second kappa shape index (κ2) is 5.02. The van der Waals surface area contributed by atoms with Crippen LogP contribution in [0.2, 0.25) is 0 Å². The average molecular weight is 278 g/mol. The first-order chi connectivity index (χ1) is 10.2. The number of aromatic amines is 1. The Morgan fingerprint density at radius 1 is 1.38 bits per heavy atom. The van der Waals surface area contributed by atoms with E-state index in [0.717, 1.165) is 0 Å². The van der Waals surface area contributed by atoms with Crippen LogP contribution >= 0.6 is 0 Å². The smallest absolute Gasteiger partial charge is 0.269 e. The minimum absolute atomic E-state index is 0.0584. The minimum atomic E-state index is -0.496. The Kier molecular flexibility index (Phi) is 3.04. The average Bonchev–Trinajstić information content (AvgIpc) is 2.93. The van der Waals surface area contributed by atoms with Crippen LogP contribution in [0.15, 0.2) is 41.7 Å². The van der Waals surface area contributed by atoms with Crippen molar-refractivity contribution in [3.8, 4) is 29.0 Å². The number of hydrogen-bond acceptors (Lipinski definition) is 5. The normalized spacial score (nSPS) is 10.3. The Morgan fingerprint density at radius 2 is 2.24 bits per heavy atom. The molecule has 0 unspecified atom stereocenters. The first-order valence-electron chi connectivity index (χ1n) is 6.13. The van der Waals surface area contributed by atoms with Crippen LogP contribution in [0.3, 0.4) is 0 Å². The highest BCUT2D eigenvalue weighted by molar-refractivity contribution is 5.64. The molecule has 0 bridgehead atoms. The summed E-state index contributed by atoms with van der Waals surface area (Å²) in [6.45, 7) is 0. The van der Waals surface area contributed by atoms with Crippen LogP contribution in [-0.4, -0.2) is 24.5 Å². The molecule has 0 spiro atoms. The molecule has 0 saturated heterocycles. The fraction of sp³-hybridized carbons (Fsp3) is 0.0714. The summed E-state index contributed by atoms with van der Waals surface area (Å²) in [5.41, 5.74) is 0.364. The van der Waals surface area contributed by atoms with E-state index in [1.807, 2.05) is 6.07 Å². The number of nitrogens with zero attached hydrogens (tertiary/aromatic N) is 5. The van der Waals surface area contributed by atoms with E-state index in [2.05, 4.69) is 19.9 Å². The Labute approximate surface area is 119 Å². The van der Waals surface area contributed by atoms with Crippen molar-refractivity contribution < 1.29 is 0 Å². The third-order valence-corrected chi connectivity index (χ3v) is 3.00. The molecule has 7 nitrogen and oxygen atoms in total. The number of pyridine rings is 1. The Hall–Kier alpha value is -3.27. The predicted molar refractivity (Wildman–Crippen MR) is 75.0 cm³/mol. The molecule has 102 valence electrons. The van der Waals surface area contributed by atoms with Crippen LogP contribution in [0.5, 0.6) is 0 Å². The van der Waals surface area contributed by atoms with Crippen molar-refractivity contribution in [1.29, 1.82) is 5.26 Å². The first kappa shape index (κ1) is 12.7. The van der Waals surface area contributed by atoms with Gasteiger partial charge < -0.3 is 9.55 Å². The van der Waals surface area contributed by atoms with E-state index in [-0.39, 0.29) is 11.3 Å². The van der Waals surface area contributed by atoms with E-state index in [9.17, 15) is 10.1 Å². The molecular formula is C14H10N6O. The second-order valence-electron chi connectivity index (χ2n) is 4.35. The zero-order chi connectivity index (χ0) is 14.8. The number of H-pyrrole nitrogens is 1. The van der Waals surface area contributed by atoms with Gasteiger partial charge in [-0.1, -0.05) is 0 Å². The van der Waals surface area contributed by atoms with Gasteiger partial charge in [0, 0.05) is 37.4 Å². The largest absolute Gasteiger partial charge is 0.333 e. The van der Waals surface area contributed by atoms with Crippen molar-refractivity contribution >= 4 is 0 Å². The van der Waals surface area contributed by atoms with E-state index in [0.29, 0.717) is 17.2 Å². The number of aryl methyl sites for hydroxylation is 1. The molecule has 3 rings (SSSR count). The maximum Gasteiger partial charge on any atom is 0.269 e. The lowest BCUT2D eigenvalue weighted by Crippen LogP contribution is -2.16. The van der Waals surface area contributed by atoms with E-state index >= 15 is 0 Å². The molecule has 3 aromatic heterocycles. The standard InChI is InChI=1S/C14H10N6O/c1-20-6-5-17-13(20)11-10(7-15)14(21)19-12(18-11)9-3-2-4-16-8-9/h2-6,8H,1H3,(H,18,19,21). The lowest BCUT2D eigenvalue weighted by molar-refractivity contribution is 0.912. The van der Waals surface area contributed by atoms with E-state index < -0.39 is 5.56 Å². The predicted octanol–water partition coefficient (Wildman–Crippen LogP) is 1.10. The Morgan fingerprint density at radius 3 is 2.86 bits per heavy atom. The second-order valence-corrected chi connectivity index (χ2v) is 4.35. The molecule has 3 aromatic rings. The SMILES string of the molecule is Cn1ccnc1-c1nc(-c2cccnc2)[nH]c(=O)c1C#N. The number of nitrogens with one attached hydrogen (secondary N) is 1. The highest BCUT2D eigenvalue weighted by atomic mass is 16.1. The molecule has 0 radical (unpaired) electrons. The van der Waals surface area contributed by atoms with Gasteiger partial charge in [-0.25, -0.2) is 9.97 Å². The maximum absolute atomic E-state index is 12.1. The van der Waals surface area contributed by atoms with Crippen LogP contribution in [0.1, 0.15) is 5.56 Å². The van der Waals surface area contributed by atoms with Gasteiger partial charge in [0.2, 0.25) is 0 Å². The zero-order valence-corrected chi connectivity index (χ0v) is 11.1. The fourth-order valence-electron chi connectivity index (χ4n) is 1.97. The van der Waals surface area contributed by atoms with Crippen molar-refractivity contribution in [2.24, 2.45) is 7.05 Å². The lowest BCUT2D eigenvalue weighted by atomic mass is 10.2. The third-order valence-electron chi connectivity index (χ3n) is 3.00. The summed E-state index contributed by atoms with van der Waals surface area (Å²) in [4.78, 5) is 27.2. The zero-order valence-electron chi connectivity index (χ0n) is 11.1. The molecular weight excluding hydrogens is 268 g/mol. The molecule has 21 heavy (non-hydrogen) atoms. The third kappa shape index (κ3) is 2.19. The topological polar surface area (TPSA) is 100 Å². The number of imidazole rings is 1. The summed E-state index contributed by atoms with van der Waals surface area (Å²) in [6.07, 6.45) is 6.53. The van der Waals surface area contributed by atoms with E-state index in [1.54, 1.807) is 48.5 Å². The van der Waals surface area contributed by atoms with Crippen LogP contribution < -0.4 is 5.56 Å². The monoisotopic (exact) mass is 278 g/mol. The number of rotatable bonds is 2. The van der Waals surface area contributed by atoms with Gasteiger partial charge in [0.25, 0.3) is 5.56 Å². The molecule has 1 N–H and O–H groups in total. The van der Waals surface area contributed by atoms with Crippen LogP contribution in [0, 0.1) is 11.3 Å². The molecule has 0 saturated carbocycles. The molecule has 0 fully saturated rings. The highest BCUT2D eigenvalue weighted by Crippen LogP contribution is 2.19. The summed E-state index contributed by atoms with van der Waals surface area (Å²) in [5, 5.41) is 9.19. The van der Waals surface area contributed by atoms with Crippen molar-refractivity contribution in [1.82, 2.24) is 24.5 Å². The Balaban J connectivity index is 2.29. The molecule has 0 aliphatic rings. The molecule has 0 amide bonds. The van der Waals surface area contributed by atoms with E-state index in [1.165, 1.54) is 0 Å². The first-order valence-corrected chi connectivity index (χ1v) is 6.13. The van der Waals surface area contributed by atoms with Gasteiger partial charge >= 0.3 is 0 Å². The van der Waals surface area contributed by atoms with Crippen LogP contribution in [-0.2, 0) is 7.05 Å². The fourth-order valence-corrected chi connectivity index (χ4v) is 1.97. The van der Waals surface area contributed by atoms with Gasteiger partial charge in [0.05, 0.1) is 0 Å². The van der Waals surface area contributed by atoms with Crippen LogP contribution in [0.4, 0.5) is 0 Å². The molecule has 0 aliphatic carbocycles.